The molecule has 2 aliphatic heterocycles. The van der Waals surface area contributed by atoms with Crippen LogP contribution in [0.25, 0.3) is 11.4 Å². The molecule has 3 amide bonds. The highest BCUT2D eigenvalue weighted by Crippen LogP contribution is 2.31. The zero-order chi connectivity index (χ0) is 22.7. The van der Waals surface area contributed by atoms with Crippen molar-refractivity contribution in [3.63, 3.8) is 0 Å². The highest BCUT2D eigenvalue weighted by molar-refractivity contribution is 5.89. The van der Waals surface area contributed by atoms with Gasteiger partial charge < -0.3 is 25.2 Å². The first-order valence-corrected chi connectivity index (χ1v) is 11.1. The number of rotatable bonds is 4. The molecule has 1 atom stereocenters. The van der Waals surface area contributed by atoms with E-state index in [9.17, 15) is 9.59 Å². The summed E-state index contributed by atoms with van der Waals surface area (Å²) in [7, 11) is 0. The molecule has 4 rings (SSSR count). The van der Waals surface area contributed by atoms with E-state index in [1.165, 1.54) is 0 Å². The Labute approximate surface area is 188 Å². The summed E-state index contributed by atoms with van der Waals surface area (Å²) >= 11 is 0. The predicted molar refractivity (Wildman–Crippen MR) is 123 cm³/mol. The predicted octanol–water partition coefficient (Wildman–Crippen LogP) is 2.41. The summed E-state index contributed by atoms with van der Waals surface area (Å²) in [6.45, 7) is 9.43. The van der Waals surface area contributed by atoms with Gasteiger partial charge in [0, 0.05) is 43.4 Å². The molecule has 9 nitrogen and oxygen atoms in total. The minimum atomic E-state index is -0.238. The second kappa shape index (κ2) is 9.52. The molecule has 1 aromatic carbocycles. The summed E-state index contributed by atoms with van der Waals surface area (Å²) in [5, 5.41) is 5.51. The molecule has 0 unspecified atom stereocenters. The fraction of sp³-hybridized carbons (Fsp3) is 0.478. The second-order valence-corrected chi connectivity index (χ2v) is 8.17. The Kier molecular flexibility index (Phi) is 6.55. The van der Waals surface area contributed by atoms with E-state index in [-0.39, 0.29) is 18.0 Å². The molecular formula is C23H30N6O3. The highest BCUT2D eigenvalue weighted by Gasteiger charge is 2.29. The number of nitrogens with zero attached hydrogens (tertiary/aromatic N) is 4. The third kappa shape index (κ3) is 4.67. The Morgan fingerprint density at radius 2 is 1.97 bits per heavy atom. The average Bonchev–Trinajstić information content (AvgIpc) is 2.79. The Hall–Kier alpha value is -3.20. The van der Waals surface area contributed by atoms with Crippen molar-refractivity contribution in [2.24, 2.45) is 0 Å². The maximum Gasteiger partial charge on any atom is 0.319 e. The molecule has 2 aromatic rings. The van der Waals surface area contributed by atoms with E-state index < -0.39 is 0 Å². The van der Waals surface area contributed by atoms with Crippen LogP contribution in [0, 0.1) is 0 Å². The van der Waals surface area contributed by atoms with Crippen molar-refractivity contribution in [2.75, 3.05) is 43.1 Å². The van der Waals surface area contributed by atoms with Gasteiger partial charge >= 0.3 is 6.03 Å². The van der Waals surface area contributed by atoms with Gasteiger partial charge in [-0.3, -0.25) is 4.79 Å². The number of carbonyl (C=O) groups excluding carboxylic acids is 2. The van der Waals surface area contributed by atoms with Crippen LogP contribution in [0.5, 0.6) is 0 Å². The van der Waals surface area contributed by atoms with Crippen LogP contribution < -0.4 is 15.5 Å². The van der Waals surface area contributed by atoms with Crippen LogP contribution in [-0.2, 0) is 22.5 Å². The van der Waals surface area contributed by atoms with Crippen LogP contribution >= 0.6 is 0 Å². The number of hydrogen-bond acceptors (Lipinski definition) is 6. The Morgan fingerprint density at radius 3 is 2.66 bits per heavy atom. The van der Waals surface area contributed by atoms with E-state index in [0.717, 1.165) is 35.6 Å². The third-order valence-electron chi connectivity index (χ3n) is 5.87. The van der Waals surface area contributed by atoms with Crippen molar-refractivity contribution in [2.45, 2.75) is 39.8 Å². The van der Waals surface area contributed by atoms with Gasteiger partial charge in [-0.1, -0.05) is 0 Å². The van der Waals surface area contributed by atoms with Gasteiger partial charge in [-0.05, 0) is 44.5 Å². The topological polar surface area (TPSA) is 99.7 Å². The minimum Gasteiger partial charge on any atom is -0.377 e. The number of benzene rings is 1. The normalized spacial score (nSPS) is 18.2. The lowest BCUT2D eigenvalue weighted by molar-refractivity contribution is -0.129. The minimum absolute atomic E-state index is 0.0536. The van der Waals surface area contributed by atoms with Crippen molar-refractivity contribution in [3.8, 4) is 11.4 Å². The molecule has 0 spiro atoms. The number of hydrogen-bond donors (Lipinski definition) is 2. The molecule has 170 valence electrons. The molecule has 32 heavy (non-hydrogen) atoms. The quantitative estimate of drug-likeness (QED) is 0.761. The average molecular weight is 439 g/mol. The van der Waals surface area contributed by atoms with E-state index in [1.54, 1.807) is 6.92 Å². The number of fused-ring (bicyclic) bond motifs is 1. The van der Waals surface area contributed by atoms with Crippen LogP contribution in [-0.4, -0.2) is 65.7 Å². The van der Waals surface area contributed by atoms with Gasteiger partial charge in [0.05, 0.1) is 31.5 Å². The van der Waals surface area contributed by atoms with E-state index in [1.807, 2.05) is 36.1 Å². The lowest BCUT2D eigenvalue weighted by atomic mass is 10.0. The summed E-state index contributed by atoms with van der Waals surface area (Å²) in [5.74, 6) is 1.61. The van der Waals surface area contributed by atoms with Crippen molar-refractivity contribution >= 4 is 23.4 Å². The van der Waals surface area contributed by atoms with Gasteiger partial charge in [0.15, 0.2) is 5.82 Å². The largest absolute Gasteiger partial charge is 0.377 e. The number of ether oxygens (including phenoxy) is 1. The van der Waals surface area contributed by atoms with E-state index >= 15 is 0 Å². The maximum absolute atomic E-state index is 12.0. The van der Waals surface area contributed by atoms with Crippen molar-refractivity contribution in [1.82, 2.24) is 20.2 Å². The summed E-state index contributed by atoms with van der Waals surface area (Å²) in [4.78, 5) is 37.7. The molecule has 0 radical (unpaired) electrons. The standard InChI is InChI=1S/C23H30N6O3/c1-4-24-23(31)25-18-7-5-17(6-8-18)21-26-20-13-28(16(3)30)10-9-19(20)22(27-21)29-11-12-32-14-15(29)2/h5-8,15H,4,9-14H2,1-3H3,(H2,24,25,31)/t15-/m0/s1. The highest BCUT2D eigenvalue weighted by atomic mass is 16.5. The van der Waals surface area contributed by atoms with Crippen molar-refractivity contribution < 1.29 is 14.3 Å². The number of amides is 3. The monoisotopic (exact) mass is 438 g/mol. The fourth-order valence-electron chi connectivity index (χ4n) is 4.13. The van der Waals surface area contributed by atoms with Gasteiger partial charge in [-0.25, -0.2) is 14.8 Å². The van der Waals surface area contributed by atoms with Crippen molar-refractivity contribution in [3.05, 3.63) is 35.5 Å². The molecule has 0 saturated carbocycles. The molecule has 2 aliphatic rings. The van der Waals surface area contributed by atoms with E-state index in [2.05, 4.69) is 22.5 Å². The van der Waals surface area contributed by atoms with Crippen LogP contribution in [0.3, 0.4) is 0 Å². The van der Waals surface area contributed by atoms with Gasteiger partial charge in [0.2, 0.25) is 5.91 Å². The smallest absolute Gasteiger partial charge is 0.319 e. The SMILES string of the molecule is CCNC(=O)Nc1ccc(-c2nc3c(c(N4CCOC[C@@H]4C)n2)CCN(C(C)=O)C3)cc1. The van der Waals surface area contributed by atoms with Crippen molar-refractivity contribution in [1.29, 1.82) is 0 Å². The van der Waals surface area contributed by atoms with Gasteiger partial charge in [-0.15, -0.1) is 0 Å². The summed E-state index contributed by atoms with van der Waals surface area (Å²) < 4.78 is 5.63. The number of nitrogens with one attached hydrogen (secondary N) is 2. The molecule has 3 heterocycles. The van der Waals surface area contributed by atoms with Gasteiger partial charge in [0.1, 0.15) is 5.82 Å². The van der Waals surface area contributed by atoms with E-state index in [0.29, 0.717) is 44.4 Å². The molecule has 1 saturated heterocycles. The third-order valence-corrected chi connectivity index (χ3v) is 5.87. The van der Waals surface area contributed by atoms with Crippen LogP contribution in [0.2, 0.25) is 0 Å². The Balaban J connectivity index is 1.69. The second-order valence-electron chi connectivity index (χ2n) is 8.17. The molecule has 9 heteroatoms. The van der Waals surface area contributed by atoms with Gasteiger partial charge in [0.25, 0.3) is 0 Å². The van der Waals surface area contributed by atoms with Gasteiger partial charge in [-0.2, -0.15) is 0 Å². The first-order valence-electron chi connectivity index (χ1n) is 11.1. The first kappa shape index (κ1) is 22.0. The maximum atomic E-state index is 12.0. The fourth-order valence-corrected chi connectivity index (χ4v) is 4.13. The first-order chi connectivity index (χ1) is 15.5. The molecule has 0 bridgehead atoms. The molecular weight excluding hydrogens is 408 g/mol. The number of urea groups is 1. The molecule has 0 aliphatic carbocycles. The number of aromatic nitrogens is 2. The molecule has 1 aromatic heterocycles. The van der Waals surface area contributed by atoms with Crippen LogP contribution in [0.1, 0.15) is 32.0 Å². The zero-order valence-electron chi connectivity index (χ0n) is 18.9. The lowest BCUT2D eigenvalue weighted by Crippen LogP contribution is -2.45. The molecule has 2 N–H and O–H groups in total. The number of anilines is 2. The van der Waals surface area contributed by atoms with E-state index in [4.69, 9.17) is 14.7 Å². The Bertz CT molecular complexity index is 994. The summed E-state index contributed by atoms with van der Waals surface area (Å²) in [6.07, 6.45) is 0.740. The van der Waals surface area contributed by atoms with Crippen LogP contribution in [0.15, 0.2) is 24.3 Å². The number of morpholine rings is 1. The number of carbonyl (C=O) groups is 2. The van der Waals surface area contributed by atoms with Crippen LogP contribution in [0.4, 0.5) is 16.3 Å². The summed E-state index contributed by atoms with van der Waals surface area (Å²) in [6, 6.07) is 7.46. The zero-order valence-corrected chi connectivity index (χ0v) is 18.9. The lowest BCUT2D eigenvalue weighted by Gasteiger charge is -2.37. The molecule has 1 fully saturated rings. The summed E-state index contributed by atoms with van der Waals surface area (Å²) in [5.41, 5.74) is 3.57. The Morgan fingerprint density at radius 1 is 1.19 bits per heavy atom.